The first-order valence-corrected chi connectivity index (χ1v) is 11.7. The minimum Gasteiger partial charge on any atom is -0.444 e. The molecule has 1 aliphatic carbocycles. The maximum Gasteiger partial charge on any atom is 0.407 e. The van der Waals surface area contributed by atoms with Crippen molar-refractivity contribution in [3.8, 4) is 11.5 Å². The lowest BCUT2D eigenvalue weighted by Gasteiger charge is -2.29. The minimum atomic E-state index is -0.531. The van der Waals surface area contributed by atoms with Crippen molar-refractivity contribution in [2.75, 3.05) is 6.54 Å². The second-order valence-corrected chi connectivity index (χ2v) is 10.0. The Hall–Kier alpha value is -3.76. The van der Waals surface area contributed by atoms with Crippen LogP contribution in [-0.2, 0) is 4.74 Å². The zero-order chi connectivity index (χ0) is 24.7. The molecule has 11 heteroatoms. The van der Waals surface area contributed by atoms with E-state index < -0.39 is 17.5 Å². The predicted molar refractivity (Wildman–Crippen MR) is 128 cm³/mol. The van der Waals surface area contributed by atoms with Crippen LogP contribution in [0.1, 0.15) is 52.5 Å². The molecule has 1 saturated carbocycles. The first kappa shape index (κ1) is 23.0. The van der Waals surface area contributed by atoms with E-state index in [0.29, 0.717) is 40.8 Å². The fourth-order valence-electron chi connectivity index (χ4n) is 4.65. The van der Waals surface area contributed by atoms with Crippen molar-refractivity contribution in [2.24, 2.45) is 5.92 Å². The van der Waals surface area contributed by atoms with Crippen LogP contribution in [-0.4, -0.2) is 47.1 Å². The van der Waals surface area contributed by atoms with Crippen LogP contribution in [0.25, 0.3) is 28.3 Å². The number of aromatic amines is 1. The molecule has 1 amide bonds. The Kier molecular flexibility index (Phi) is 5.78. The number of ether oxygens (including phenoxy) is 1. The van der Waals surface area contributed by atoms with E-state index >= 15 is 0 Å². The molecule has 4 aromatic rings. The summed E-state index contributed by atoms with van der Waals surface area (Å²) in [5.74, 6) is 0.283. The standard InChI is InChI=1S/C24H28FN7O3/c1-24(2,3)35-23(34)28-10-14-4-7-16(8-5-14)32-21-17(29-22(32)33)11-27-20(30-21)18-12-26-19-9-6-15(25)13-31(18)19/h6,9,11-14,16H,4-5,7-8,10H2,1-3H3,(H,28,34)(H,29,33). The zero-order valence-electron chi connectivity index (χ0n) is 19.9. The Labute approximate surface area is 200 Å². The van der Waals surface area contributed by atoms with Crippen LogP contribution in [0.15, 0.2) is 35.5 Å². The highest BCUT2D eigenvalue weighted by Crippen LogP contribution is 2.33. The average molecular weight is 482 g/mol. The molecule has 0 saturated heterocycles. The number of rotatable bonds is 4. The molecule has 35 heavy (non-hydrogen) atoms. The van der Waals surface area contributed by atoms with E-state index in [4.69, 9.17) is 4.74 Å². The van der Waals surface area contributed by atoms with Crippen LogP contribution in [0.2, 0.25) is 0 Å². The molecule has 184 valence electrons. The fourth-order valence-corrected chi connectivity index (χ4v) is 4.65. The largest absolute Gasteiger partial charge is 0.444 e. The topological polar surface area (TPSA) is 119 Å². The Balaban J connectivity index is 1.34. The number of carbonyl (C=O) groups excluding carboxylic acids is 1. The molecule has 10 nitrogen and oxygen atoms in total. The Morgan fingerprint density at radius 2 is 1.97 bits per heavy atom. The van der Waals surface area contributed by atoms with Gasteiger partial charge < -0.3 is 15.0 Å². The molecule has 0 aromatic carbocycles. The van der Waals surface area contributed by atoms with Gasteiger partial charge in [0.05, 0.1) is 12.4 Å². The van der Waals surface area contributed by atoms with E-state index in [1.807, 2.05) is 20.8 Å². The summed E-state index contributed by atoms with van der Waals surface area (Å²) >= 11 is 0. The van der Waals surface area contributed by atoms with Gasteiger partial charge in [-0.15, -0.1) is 0 Å². The quantitative estimate of drug-likeness (QED) is 0.457. The third kappa shape index (κ3) is 4.75. The Morgan fingerprint density at radius 1 is 1.20 bits per heavy atom. The third-order valence-corrected chi connectivity index (χ3v) is 6.27. The van der Waals surface area contributed by atoms with Gasteiger partial charge in [-0.3, -0.25) is 8.97 Å². The molecule has 0 unspecified atom stereocenters. The van der Waals surface area contributed by atoms with Gasteiger partial charge in [0, 0.05) is 18.8 Å². The van der Waals surface area contributed by atoms with Crippen molar-refractivity contribution < 1.29 is 13.9 Å². The number of halogens is 1. The van der Waals surface area contributed by atoms with Crippen molar-refractivity contribution >= 4 is 22.9 Å². The van der Waals surface area contributed by atoms with Crippen LogP contribution in [0, 0.1) is 11.7 Å². The van der Waals surface area contributed by atoms with Gasteiger partial charge in [-0.05, 0) is 64.5 Å². The molecule has 4 aromatic heterocycles. The van der Waals surface area contributed by atoms with Gasteiger partial charge in [0.15, 0.2) is 11.5 Å². The summed E-state index contributed by atoms with van der Waals surface area (Å²) in [6.45, 7) is 6.04. The Bertz CT molecular complexity index is 1440. The first-order chi connectivity index (χ1) is 16.7. The van der Waals surface area contributed by atoms with Crippen molar-refractivity contribution in [2.45, 2.75) is 58.1 Å². The van der Waals surface area contributed by atoms with Crippen LogP contribution in [0.4, 0.5) is 9.18 Å². The number of imidazole rings is 2. The fraction of sp³-hybridized carbons (Fsp3) is 0.458. The highest BCUT2D eigenvalue weighted by molar-refractivity contribution is 5.72. The molecule has 5 rings (SSSR count). The lowest BCUT2D eigenvalue weighted by atomic mass is 9.86. The van der Waals surface area contributed by atoms with E-state index in [9.17, 15) is 14.0 Å². The second-order valence-electron chi connectivity index (χ2n) is 10.0. The van der Waals surface area contributed by atoms with Gasteiger partial charge in [-0.2, -0.15) is 0 Å². The normalized spacial score (nSPS) is 18.7. The molecule has 2 N–H and O–H groups in total. The van der Waals surface area contributed by atoms with Crippen LogP contribution in [0.5, 0.6) is 0 Å². The number of fused-ring (bicyclic) bond motifs is 2. The molecule has 0 bridgehead atoms. The van der Waals surface area contributed by atoms with Gasteiger partial charge in [-0.1, -0.05) is 0 Å². The van der Waals surface area contributed by atoms with E-state index in [-0.39, 0.29) is 11.7 Å². The monoisotopic (exact) mass is 481 g/mol. The van der Waals surface area contributed by atoms with Crippen LogP contribution < -0.4 is 11.0 Å². The van der Waals surface area contributed by atoms with Gasteiger partial charge in [0.1, 0.15) is 28.3 Å². The minimum absolute atomic E-state index is 0.0172. The van der Waals surface area contributed by atoms with Crippen LogP contribution in [0.3, 0.4) is 0 Å². The molecule has 0 aliphatic heterocycles. The Morgan fingerprint density at radius 3 is 2.71 bits per heavy atom. The molecular weight excluding hydrogens is 453 g/mol. The maximum atomic E-state index is 13.8. The maximum absolute atomic E-state index is 13.8. The van der Waals surface area contributed by atoms with Gasteiger partial charge >= 0.3 is 11.8 Å². The molecular formula is C24H28FN7O3. The smallest absolute Gasteiger partial charge is 0.407 e. The summed E-state index contributed by atoms with van der Waals surface area (Å²) in [5, 5.41) is 2.85. The van der Waals surface area contributed by atoms with Crippen molar-refractivity contribution in [1.29, 1.82) is 0 Å². The first-order valence-electron chi connectivity index (χ1n) is 11.7. The van der Waals surface area contributed by atoms with Crippen molar-refractivity contribution in [3.05, 3.63) is 47.0 Å². The van der Waals surface area contributed by atoms with Crippen molar-refractivity contribution in [3.63, 3.8) is 0 Å². The molecule has 1 fully saturated rings. The highest BCUT2D eigenvalue weighted by atomic mass is 19.1. The number of alkyl carbamates (subject to hydrolysis) is 1. The molecule has 1 aliphatic rings. The van der Waals surface area contributed by atoms with Crippen molar-refractivity contribution in [1.82, 2.24) is 34.2 Å². The SMILES string of the molecule is CC(C)(C)OC(=O)NCC1CCC(n2c(=O)[nH]c3cnc(-c4cnc5ccc(F)cn45)nc32)CC1. The summed E-state index contributed by atoms with van der Waals surface area (Å²) < 4.78 is 22.4. The van der Waals surface area contributed by atoms with Crippen LogP contribution >= 0.6 is 0 Å². The number of nitrogens with zero attached hydrogens (tertiary/aromatic N) is 5. The third-order valence-electron chi connectivity index (χ3n) is 6.27. The number of nitrogens with one attached hydrogen (secondary N) is 2. The number of hydrogen-bond acceptors (Lipinski definition) is 6. The second kappa shape index (κ2) is 8.79. The van der Waals surface area contributed by atoms with Gasteiger partial charge in [-0.25, -0.2) is 28.9 Å². The molecule has 0 spiro atoms. The summed E-state index contributed by atoms with van der Waals surface area (Å²) in [5.41, 5.74) is 1.42. The lowest BCUT2D eigenvalue weighted by molar-refractivity contribution is 0.0513. The van der Waals surface area contributed by atoms with E-state index in [2.05, 4.69) is 25.3 Å². The number of pyridine rings is 1. The predicted octanol–water partition coefficient (Wildman–Crippen LogP) is 3.83. The number of hydrogen-bond donors (Lipinski definition) is 2. The van der Waals surface area contributed by atoms with E-state index in [0.717, 1.165) is 25.7 Å². The summed E-state index contributed by atoms with van der Waals surface area (Å²) in [7, 11) is 0. The van der Waals surface area contributed by atoms with Gasteiger partial charge in [0.25, 0.3) is 0 Å². The molecule has 4 heterocycles. The van der Waals surface area contributed by atoms with E-state index in [1.165, 1.54) is 12.3 Å². The zero-order valence-corrected chi connectivity index (χ0v) is 19.9. The van der Waals surface area contributed by atoms with E-state index in [1.54, 1.807) is 27.4 Å². The summed E-state index contributed by atoms with van der Waals surface area (Å²) in [6, 6.07) is 2.91. The molecule has 0 radical (unpaired) electrons. The number of aromatic nitrogens is 6. The van der Waals surface area contributed by atoms with Gasteiger partial charge in [0.2, 0.25) is 0 Å². The molecule has 0 atom stereocenters. The number of H-pyrrole nitrogens is 1. The number of amides is 1. The average Bonchev–Trinajstić information content (AvgIpc) is 3.36. The number of carbonyl (C=O) groups is 1. The summed E-state index contributed by atoms with van der Waals surface area (Å²) in [6.07, 6.45) is 7.39. The summed E-state index contributed by atoms with van der Waals surface area (Å²) in [4.78, 5) is 41.0. The lowest BCUT2D eigenvalue weighted by Crippen LogP contribution is -2.36. The highest BCUT2D eigenvalue weighted by Gasteiger charge is 2.27.